The Bertz CT molecular complexity index is 1720. The van der Waals surface area contributed by atoms with Crippen LogP contribution in [0.5, 0.6) is 0 Å². The van der Waals surface area contributed by atoms with Crippen molar-refractivity contribution in [1.82, 2.24) is 9.55 Å². The van der Waals surface area contributed by atoms with Gasteiger partial charge in [-0.25, -0.2) is 19.4 Å². The first-order chi connectivity index (χ1) is 20.8. The van der Waals surface area contributed by atoms with Crippen molar-refractivity contribution >= 4 is 17.9 Å². The average molecular weight is 580 g/mol. The van der Waals surface area contributed by atoms with Crippen LogP contribution in [0, 0.1) is 11.3 Å². The minimum Gasteiger partial charge on any atom is -0.459 e. The molecular weight excluding hydrogens is 554 g/mol. The van der Waals surface area contributed by atoms with Gasteiger partial charge in [0.25, 0.3) is 5.56 Å². The van der Waals surface area contributed by atoms with E-state index in [1.807, 2.05) is 0 Å². The number of carbonyl (C=O) groups is 3. The molecule has 5 rings (SSSR count). The molecule has 4 atom stereocenters. The summed E-state index contributed by atoms with van der Waals surface area (Å²) in [6, 6.07) is 26.2. The Labute approximate surface area is 245 Å². The highest BCUT2D eigenvalue weighted by Crippen LogP contribution is 2.43. The third-order valence-electron chi connectivity index (χ3n) is 6.88. The van der Waals surface area contributed by atoms with E-state index in [2.05, 4.69) is 4.98 Å². The summed E-state index contributed by atoms with van der Waals surface area (Å²) < 4.78 is 24.7. The zero-order chi connectivity index (χ0) is 30.4. The summed E-state index contributed by atoms with van der Waals surface area (Å²) in [6.07, 6.45) is -1.53. The second-order valence-electron chi connectivity index (χ2n) is 9.72. The fourth-order valence-corrected chi connectivity index (χ4v) is 4.74. The van der Waals surface area contributed by atoms with E-state index >= 15 is 0 Å². The minimum atomic E-state index is -1.86. The van der Waals surface area contributed by atoms with E-state index in [1.54, 1.807) is 84.9 Å². The van der Waals surface area contributed by atoms with Crippen molar-refractivity contribution in [3.05, 3.63) is 136 Å². The largest absolute Gasteiger partial charge is 0.459 e. The lowest BCUT2D eigenvalue weighted by Gasteiger charge is -2.34. The molecule has 43 heavy (non-hydrogen) atoms. The van der Waals surface area contributed by atoms with Crippen LogP contribution in [0.15, 0.2) is 108 Å². The Morgan fingerprint density at radius 3 is 1.98 bits per heavy atom. The molecule has 3 aromatic carbocycles. The number of hydrogen-bond acceptors (Lipinski definition) is 10. The predicted molar refractivity (Wildman–Crippen MR) is 150 cm³/mol. The second-order valence-corrected chi connectivity index (χ2v) is 9.72. The SMILES string of the molecule is C[C@]1(OC(=O)c2ccccc2)C(OC(=O)c2ccccc2)[C@@H](COC(=O)c2ccccc2)O[C@H]1n1ccnc(C#N)c1=O. The molecule has 1 fully saturated rings. The van der Waals surface area contributed by atoms with Gasteiger partial charge in [0.05, 0.1) is 16.7 Å². The van der Waals surface area contributed by atoms with Gasteiger partial charge in [-0.15, -0.1) is 0 Å². The van der Waals surface area contributed by atoms with E-state index in [9.17, 15) is 24.4 Å². The van der Waals surface area contributed by atoms with Crippen molar-refractivity contribution < 1.29 is 33.3 Å². The van der Waals surface area contributed by atoms with Gasteiger partial charge >= 0.3 is 17.9 Å². The molecule has 1 aliphatic rings. The molecule has 1 aromatic heterocycles. The normalized spacial score (nSPS) is 20.9. The molecule has 216 valence electrons. The summed E-state index contributed by atoms with van der Waals surface area (Å²) in [5.41, 5.74) is -2.45. The quantitative estimate of drug-likeness (QED) is 0.224. The van der Waals surface area contributed by atoms with E-state index in [1.165, 1.54) is 31.5 Å². The summed E-state index contributed by atoms with van der Waals surface area (Å²) in [4.78, 5) is 56.5. The Kier molecular flexibility index (Phi) is 8.41. The summed E-state index contributed by atoms with van der Waals surface area (Å²) in [7, 11) is 0. The number of rotatable bonds is 8. The Morgan fingerprint density at radius 1 is 0.884 bits per heavy atom. The van der Waals surface area contributed by atoms with Gasteiger partial charge in [0.2, 0.25) is 5.69 Å². The zero-order valence-electron chi connectivity index (χ0n) is 22.9. The number of benzene rings is 3. The van der Waals surface area contributed by atoms with Gasteiger partial charge in [0.15, 0.2) is 17.9 Å². The molecule has 0 N–H and O–H groups in total. The number of aromatic nitrogens is 2. The van der Waals surface area contributed by atoms with Crippen LogP contribution in [0.25, 0.3) is 0 Å². The minimum absolute atomic E-state index is 0.189. The molecule has 0 bridgehead atoms. The van der Waals surface area contributed by atoms with Crippen LogP contribution in [-0.2, 0) is 18.9 Å². The summed E-state index contributed by atoms with van der Waals surface area (Å²) in [6.45, 7) is 1.01. The van der Waals surface area contributed by atoms with E-state index in [4.69, 9.17) is 18.9 Å². The standard InChI is InChI=1S/C32H25N3O8/c1-32(43-30(39)23-15-9-4-10-16-23)26(42-29(38)22-13-7-3-8-14-22)25(20-40-28(37)21-11-5-2-6-12-21)41-31(32)35-18-17-34-24(19-33)27(35)36/h2-18,25-26,31H,20H2,1H3/t25-,26?,31-,32+/m1/s1. The maximum atomic E-state index is 13.4. The Balaban J connectivity index is 1.56. The van der Waals surface area contributed by atoms with Gasteiger partial charge < -0.3 is 18.9 Å². The molecule has 0 radical (unpaired) electrons. The molecule has 0 amide bonds. The molecule has 1 unspecified atom stereocenters. The van der Waals surface area contributed by atoms with Gasteiger partial charge in [-0.2, -0.15) is 5.26 Å². The fourth-order valence-electron chi connectivity index (χ4n) is 4.74. The number of ether oxygens (including phenoxy) is 4. The highest BCUT2D eigenvalue weighted by Gasteiger charge is 2.60. The van der Waals surface area contributed by atoms with Crippen molar-refractivity contribution in [2.75, 3.05) is 6.61 Å². The summed E-state index contributed by atoms with van der Waals surface area (Å²) in [5, 5.41) is 9.43. The van der Waals surface area contributed by atoms with Crippen LogP contribution in [0.4, 0.5) is 0 Å². The Morgan fingerprint density at radius 2 is 1.42 bits per heavy atom. The number of carbonyl (C=O) groups excluding carboxylic acids is 3. The van der Waals surface area contributed by atoms with Crippen LogP contribution in [-0.4, -0.2) is 51.9 Å². The highest BCUT2D eigenvalue weighted by molar-refractivity contribution is 5.91. The summed E-state index contributed by atoms with van der Waals surface area (Å²) >= 11 is 0. The average Bonchev–Trinajstić information content (AvgIpc) is 3.31. The van der Waals surface area contributed by atoms with Gasteiger partial charge in [-0.05, 0) is 43.3 Å². The van der Waals surface area contributed by atoms with Crippen LogP contribution < -0.4 is 5.56 Å². The smallest absolute Gasteiger partial charge is 0.338 e. The van der Waals surface area contributed by atoms with Crippen LogP contribution in [0.1, 0.15) is 49.9 Å². The van der Waals surface area contributed by atoms with E-state index < -0.39 is 59.8 Å². The monoisotopic (exact) mass is 579 g/mol. The predicted octanol–water partition coefficient (Wildman–Crippen LogP) is 3.71. The number of hydrogen-bond donors (Lipinski definition) is 0. The molecule has 11 nitrogen and oxygen atoms in total. The summed E-state index contributed by atoms with van der Waals surface area (Å²) in [5.74, 6) is -2.23. The van der Waals surface area contributed by atoms with Gasteiger partial charge in [-0.3, -0.25) is 9.36 Å². The third-order valence-corrected chi connectivity index (χ3v) is 6.88. The highest BCUT2D eigenvalue weighted by atomic mass is 16.7. The number of nitriles is 1. The van der Waals surface area contributed by atoms with Crippen molar-refractivity contribution in [2.24, 2.45) is 0 Å². The van der Waals surface area contributed by atoms with Crippen LogP contribution in [0.3, 0.4) is 0 Å². The van der Waals surface area contributed by atoms with Crippen molar-refractivity contribution in [3.63, 3.8) is 0 Å². The first-order valence-electron chi connectivity index (χ1n) is 13.2. The van der Waals surface area contributed by atoms with Gasteiger partial charge in [-0.1, -0.05) is 54.6 Å². The Hall–Kier alpha value is -5.60. The maximum absolute atomic E-state index is 13.4. The number of esters is 3. The molecule has 1 saturated heterocycles. The van der Waals surface area contributed by atoms with Crippen LogP contribution in [0.2, 0.25) is 0 Å². The van der Waals surface area contributed by atoms with Crippen molar-refractivity contribution in [1.29, 1.82) is 5.26 Å². The topological polar surface area (TPSA) is 147 Å². The van der Waals surface area contributed by atoms with E-state index in [0.29, 0.717) is 0 Å². The molecule has 0 saturated carbocycles. The maximum Gasteiger partial charge on any atom is 0.338 e. The second kappa shape index (κ2) is 12.5. The third kappa shape index (κ3) is 6.05. The van der Waals surface area contributed by atoms with Crippen molar-refractivity contribution in [3.8, 4) is 6.07 Å². The van der Waals surface area contributed by atoms with E-state index in [-0.39, 0.29) is 16.7 Å². The molecule has 1 aliphatic heterocycles. The molecule has 11 heteroatoms. The van der Waals surface area contributed by atoms with Crippen molar-refractivity contribution in [2.45, 2.75) is 31.0 Å². The molecular formula is C32H25N3O8. The first-order valence-corrected chi connectivity index (χ1v) is 13.2. The van der Waals surface area contributed by atoms with Gasteiger partial charge in [0, 0.05) is 12.4 Å². The lowest BCUT2D eigenvalue weighted by atomic mass is 9.95. The van der Waals surface area contributed by atoms with Crippen LogP contribution >= 0.6 is 0 Å². The molecule has 4 aromatic rings. The zero-order valence-corrected chi connectivity index (χ0v) is 22.9. The lowest BCUT2D eigenvalue weighted by molar-refractivity contribution is -0.111. The first kappa shape index (κ1) is 28.9. The molecule has 0 aliphatic carbocycles. The lowest BCUT2D eigenvalue weighted by Crippen LogP contribution is -2.51. The number of nitrogens with zero attached hydrogens (tertiary/aromatic N) is 3. The molecule has 0 spiro atoms. The van der Waals surface area contributed by atoms with Gasteiger partial charge in [0.1, 0.15) is 18.8 Å². The molecule has 2 heterocycles. The van der Waals surface area contributed by atoms with E-state index in [0.717, 1.165) is 4.57 Å². The fraction of sp³-hybridized carbons (Fsp3) is 0.188.